The highest BCUT2D eigenvalue weighted by atomic mass is 16.3. The van der Waals surface area contributed by atoms with Gasteiger partial charge in [0.2, 0.25) is 0 Å². The highest BCUT2D eigenvalue weighted by Crippen LogP contribution is 2.42. The molecule has 0 unspecified atom stereocenters. The van der Waals surface area contributed by atoms with Crippen molar-refractivity contribution in [2.75, 3.05) is 0 Å². The highest BCUT2D eigenvalue weighted by Gasteiger charge is 2.28. The summed E-state index contributed by atoms with van der Waals surface area (Å²) in [7, 11) is 34.4. The van der Waals surface area contributed by atoms with E-state index in [4.69, 9.17) is 54.2 Å². The molecule has 2 aliphatic heterocycles. The number of fused-ring (bicyclic) bond motifs is 10. The van der Waals surface area contributed by atoms with Crippen LogP contribution >= 0.6 is 0 Å². The van der Waals surface area contributed by atoms with Crippen LogP contribution in [0.25, 0.3) is 94.2 Å². The Bertz CT molecular complexity index is 3300. The van der Waals surface area contributed by atoms with Crippen LogP contribution in [-0.4, -0.2) is 69.0 Å². The number of phenols is 2. The summed E-state index contributed by atoms with van der Waals surface area (Å²) in [6.07, 6.45) is 7.07. The van der Waals surface area contributed by atoms with Crippen LogP contribution in [0.2, 0.25) is 0 Å². The average molecular weight is 706 g/mol. The Balaban J connectivity index is 1.51. The molecule has 0 saturated heterocycles. The topological polar surface area (TPSA) is 84.1 Å². The summed E-state index contributed by atoms with van der Waals surface area (Å²) in [6.45, 7) is 4.32. The van der Waals surface area contributed by atoms with E-state index in [9.17, 15) is 10.2 Å². The molecule has 250 valence electrons. The minimum atomic E-state index is -0.590. The Morgan fingerprint density at radius 2 is 1.02 bits per heavy atom. The van der Waals surface area contributed by atoms with Crippen molar-refractivity contribution in [2.45, 2.75) is 0 Å². The number of hydrogen-bond acceptors (Lipinski definition) is 5. The van der Waals surface area contributed by atoms with Crippen LogP contribution in [0.5, 0.6) is 11.5 Å². The van der Waals surface area contributed by atoms with E-state index in [-0.39, 0.29) is 32.8 Å². The third-order valence-corrected chi connectivity index (χ3v) is 10.8. The maximum Gasteiger partial charge on any atom is 0.166 e. The van der Waals surface area contributed by atoms with E-state index in [2.05, 4.69) is 36.9 Å². The molecular formula is C45H23B5N4O2. The Morgan fingerprint density at radius 3 is 1.70 bits per heavy atom. The lowest BCUT2D eigenvalue weighted by molar-refractivity contribution is 0.410. The Hall–Kier alpha value is -6.73. The Labute approximate surface area is 328 Å². The first-order valence-corrected chi connectivity index (χ1v) is 17.8. The molecule has 11 heteroatoms. The summed E-state index contributed by atoms with van der Waals surface area (Å²) in [4.78, 5) is 15.1. The van der Waals surface area contributed by atoms with E-state index >= 15 is 0 Å². The average Bonchev–Trinajstić information content (AvgIpc) is 3.60. The van der Waals surface area contributed by atoms with Crippen molar-refractivity contribution in [1.29, 1.82) is 0 Å². The minimum absolute atomic E-state index is 0.133. The zero-order chi connectivity index (χ0) is 38.6. The van der Waals surface area contributed by atoms with Gasteiger partial charge in [-0.05, 0) is 60.9 Å². The molecule has 11 rings (SSSR count). The molecular weight excluding hydrogens is 683 g/mol. The minimum Gasteiger partial charge on any atom is -0.505 e. The molecule has 2 N–H and O–H groups in total. The quantitative estimate of drug-likeness (QED) is 0.147. The zero-order valence-corrected chi connectivity index (χ0v) is 29.7. The fourth-order valence-electron chi connectivity index (χ4n) is 8.12. The first-order chi connectivity index (χ1) is 27.1. The van der Waals surface area contributed by atoms with Gasteiger partial charge in [0.05, 0.1) is 11.2 Å². The summed E-state index contributed by atoms with van der Waals surface area (Å²) in [5, 5.41) is 29.1. The standard InChI is InChI=1S/C45H23B5N4O2/c1-21-11-5-6-18-27-34(46)32-33-36(48)41(55)42(56)38(50)40(33)54(39(32)37(49)35(27)47)31-20-29-26-17-10-8-15-24(26)23-14-7-9-16-25(23)28(29)19-30(31)45-52-43(21)51-44(53-45)22-12-3-2-4-13-22/h2-20,55-56H,1H2. The zero-order valence-electron chi connectivity index (χ0n) is 29.7. The largest absolute Gasteiger partial charge is 0.505 e. The van der Waals surface area contributed by atoms with Crippen LogP contribution in [0.15, 0.2) is 116 Å². The normalized spacial score (nSPS) is 12.7. The van der Waals surface area contributed by atoms with E-state index in [1.807, 2.05) is 60.7 Å². The van der Waals surface area contributed by atoms with Gasteiger partial charge in [-0.2, -0.15) is 0 Å². The van der Waals surface area contributed by atoms with Gasteiger partial charge in [-0.15, -0.1) is 0 Å². The van der Waals surface area contributed by atoms with Crippen molar-refractivity contribution in [1.82, 2.24) is 19.5 Å². The van der Waals surface area contributed by atoms with E-state index < -0.39 is 11.5 Å². The summed E-state index contributed by atoms with van der Waals surface area (Å²) in [5.41, 5.74) is 3.82. The van der Waals surface area contributed by atoms with E-state index in [0.29, 0.717) is 56.1 Å². The third kappa shape index (κ3) is 4.73. The van der Waals surface area contributed by atoms with Crippen molar-refractivity contribution < 1.29 is 10.2 Å². The van der Waals surface area contributed by atoms with Gasteiger partial charge in [-0.3, -0.25) is 0 Å². The van der Waals surface area contributed by atoms with Crippen molar-refractivity contribution in [3.63, 3.8) is 0 Å². The Morgan fingerprint density at radius 1 is 0.500 bits per heavy atom. The van der Waals surface area contributed by atoms with Gasteiger partial charge in [-0.25, -0.2) is 15.0 Å². The van der Waals surface area contributed by atoms with Crippen LogP contribution in [0.1, 0.15) is 11.4 Å². The van der Waals surface area contributed by atoms with Crippen LogP contribution in [-0.2, 0) is 0 Å². The lowest BCUT2D eigenvalue weighted by Crippen LogP contribution is -2.36. The van der Waals surface area contributed by atoms with Crippen molar-refractivity contribution in [2.24, 2.45) is 0 Å². The number of hydrogen-bond donors (Lipinski definition) is 2. The molecule has 0 aliphatic carbocycles. The summed E-state index contributed by atoms with van der Waals surface area (Å²) in [6, 6.07) is 30.2. The number of nitrogens with zero attached hydrogens (tertiary/aromatic N) is 4. The molecule has 6 bridgehead atoms. The number of aromatic hydroxyl groups is 2. The number of allylic oxidation sites excluding steroid dienone is 4. The molecule has 6 nitrogen and oxygen atoms in total. The van der Waals surface area contributed by atoms with Crippen molar-refractivity contribution in [3.05, 3.63) is 127 Å². The Kier molecular flexibility index (Phi) is 7.49. The molecule has 0 atom stereocenters. The smallest absolute Gasteiger partial charge is 0.166 e. The highest BCUT2D eigenvalue weighted by molar-refractivity contribution is 6.61. The maximum atomic E-state index is 11.3. The van der Waals surface area contributed by atoms with Gasteiger partial charge in [0.15, 0.2) is 23.2 Å². The van der Waals surface area contributed by atoms with E-state index in [0.717, 1.165) is 37.9 Å². The van der Waals surface area contributed by atoms with E-state index in [1.54, 1.807) is 28.9 Å². The lowest BCUT2D eigenvalue weighted by atomic mass is 9.70. The van der Waals surface area contributed by atoms with Crippen molar-refractivity contribution in [3.8, 4) is 40.0 Å². The molecule has 9 aromatic rings. The molecule has 7 aromatic carbocycles. The van der Waals surface area contributed by atoms with E-state index in [1.165, 1.54) is 0 Å². The summed E-state index contributed by atoms with van der Waals surface area (Å²) < 4.78 is 1.79. The van der Waals surface area contributed by atoms with Gasteiger partial charge in [-0.1, -0.05) is 126 Å². The number of benzene rings is 7. The van der Waals surface area contributed by atoms with Gasteiger partial charge in [0, 0.05) is 33.0 Å². The SMILES string of the molecule is [B]c1c2c([B])c3c4c([B])c(O)c(O)c([B])c4n(c3c1[B])-c1cc3c4ccccc4c4ccccc4c3cc1-c1nc(nc(-c3ccccc3)n1)C(=C)C=CC=C2. The van der Waals surface area contributed by atoms with Crippen LogP contribution in [0.4, 0.5) is 0 Å². The van der Waals surface area contributed by atoms with Crippen LogP contribution in [0.3, 0.4) is 0 Å². The second-order valence-corrected chi connectivity index (χ2v) is 13.9. The lowest BCUT2D eigenvalue weighted by Gasteiger charge is -2.21. The number of phenolic OH excluding ortho intramolecular Hbond substituents is 2. The van der Waals surface area contributed by atoms with Crippen molar-refractivity contribution >= 4 is 132 Å². The van der Waals surface area contributed by atoms with Gasteiger partial charge in [0.1, 0.15) is 45.0 Å². The first kappa shape index (κ1) is 33.8. The molecule has 0 amide bonds. The van der Waals surface area contributed by atoms with Gasteiger partial charge < -0.3 is 14.8 Å². The van der Waals surface area contributed by atoms with Gasteiger partial charge in [0.25, 0.3) is 0 Å². The fraction of sp³-hybridized carbons (Fsp3) is 0. The number of rotatable bonds is 1. The van der Waals surface area contributed by atoms with Crippen LogP contribution < -0.4 is 27.3 Å². The fourth-order valence-corrected chi connectivity index (χ4v) is 8.12. The number of aromatic nitrogens is 4. The second kappa shape index (κ2) is 12.4. The second-order valence-electron chi connectivity index (χ2n) is 13.9. The molecule has 0 spiro atoms. The summed E-state index contributed by atoms with van der Waals surface area (Å²) in [5.74, 6) is -0.0612. The molecule has 0 saturated carbocycles. The molecule has 56 heavy (non-hydrogen) atoms. The van der Waals surface area contributed by atoms with Crippen LogP contribution in [0, 0.1) is 0 Å². The molecule has 0 fully saturated rings. The molecule has 2 aromatic heterocycles. The summed E-state index contributed by atoms with van der Waals surface area (Å²) >= 11 is 0. The molecule has 2 aliphatic rings. The van der Waals surface area contributed by atoms with Gasteiger partial charge >= 0.3 is 0 Å². The molecule has 4 heterocycles. The predicted octanol–water partition coefficient (Wildman–Crippen LogP) is 4.74. The first-order valence-electron chi connectivity index (χ1n) is 17.8. The molecule has 10 radical (unpaired) electrons. The monoisotopic (exact) mass is 706 g/mol. The predicted molar refractivity (Wildman–Crippen MR) is 235 cm³/mol. The third-order valence-electron chi connectivity index (χ3n) is 10.8. The maximum absolute atomic E-state index is 11.3.